The summed E-state index contributed by atoms with van der Waals surface area (Å²) in [5.74, 6) is 1.60. The second-order valence-corrected chi connectivity index (χ2v) is 4.06. The summed E-state index contributed by atoms with van der Waals surface area (Å²) in [5, 5.41) is 0. The van der Waals surface area contributed by atoms with Crippen LogP contribution in [0.4, 0.5) is 4.39 Å². The lowest BCUT2D eigenvalue weighted by molar-refractivity contribution is 0.479. The Kier molecular flexibility index (Phi) is 3.64. The zero-order valence-corrected chi connectivity index (χ0v) is 10.2. The molecule has 2 aromatic rings. The summed E-state index contributed by atoms with van der Waals surface area (Å²) in [4.78, 5) is 0. The molecule has 0 aromatic heterocycles. The van der Waals surface area contributed by atoms with Gasteiger partial charge in [-0.05, 0) is 48.4 Å². The third kappa shape index (κ3) is 2.98. The zero-order valence-electron chi connectivity index (χ0n) is 9.41. The maximum Gasteiger partial charge on any atom is 0.127 e. The molecular weight excluding hydrogens is 239 g/mol. The van der Waals surface area contributed by atoms with E-state index in [1.54, 1.807) is 19.1 Å². The number of ether oxygens (including phenoxy) is 1. The van der Waals surface area contributed by atoms with Crippen molar-refractivity contribution in [2.75, 3.05) is 0 Å². The van der Waals surface area contributed by atoms with Crippen molar-refractivity contribution < 1.29 is 9.13 Å². The minimum atomic E-state index is -0.227. The maximum absolute atomic E-state index is 13.1. The molecule has 0 N–H and O–H groups in total. The number of alkyl halides is 1. The van der Waals surface area contributed by atoms with E-state index in [-0.39, 0.29) is 5.82 Å². The van der Waals surface area contributed by atoms with Crippen LogP contribution in [0.5, 0.6) is 11.5 Å². The van der Waals surface area contributed by atoms with Gasteiger partial charge in [0.15, 0.2) is 0 Å². The maximum atomic E-state index is 13.1. The van der Waals surface area contributed by atoms with Gasteiger partial charge in [-0.2, -0.15) is 0 Å². The topological polar surface area (TPSA) is 9.23 Å². The molecule has 0 aliphatic heterocycles. The molecule has 0 spiro atoms. The SMILES string of the molecule is Cc1cc(Oc2ccc(CCl)cc2)ccc1F. The molecule has 0 saturated heterocycles. The van der Waals surface area contributed by atoms with Crippen molar-refractivity contribution >= 4 is 11.6 Å². The molecular formula is C14H12ClFO. The summed E-state index contributed by atoms with van der Waals surface area (Å²) >= 11 is 5.70. The van der Waals surface area contributed by atoms with Crippen LogP contribution in [0.25, 0.3) is 0 Å². The first-order valence-electron chi connectivity index (χ1n) is 5.28. The van der Waals surface area contributed by atoms with Gasteiger partial charge in [-0.15, -0.1) is 11.6 Å². The fraction of sp³-hybridized carbons (Fsp3) is 0.143. The smallest absolute Gasteiger partial charge is 0.127 e. The fourth-order valence-corrected chi connectivity index (χ4v) is 1.64. The van der Waals surface area contributed by atoms with Crippen molar-refractivity contribution in [3.63, 3.8) is 0 Å². The Hall–Kier alpha value is -1.54. The summed E-state index contributed by atoms with van der Waals surface area (Å²) in [6, 6.07) is 12.2. The minimum Gasteiger partial charge on any atom is -0.457 e. The van der Waals surface area contributed by atoms with E-state index in [0.717, 1.165) is 5.56 Å². The van der Waals surface area contributed by atoms with E-state index >= 15 is 0 Å². The van der Waals surface area contributed by atoms with E-state index < -0.39 is 0 Å². The van der Waals surface area contributed by atoms with E-state index in [4.69, 9.17) is 16.3 Å². The van der Waals surface area contributed by atoms with E-state index in [0.29, 0.717) is 22.9 Å². The van der Waals surface area contributed by atoms with Gasteiger partial charge in [0.2, 0.25) is 0 Å². The van der Waals surface area contributed by atoms with Crippen molar-refractivity contribution in [3.8, 4) is 11.5 Å². The van der Waals surface area contributed by atoms with Crippen LogP contribution in [0.2, 0.25) is 0 Å². The van der Waals surface area contributed by atoms with Crippen LogP contribution in [0, 0.1) is 12.7 Å². The molecule has 3 heteroatoms. The van der Waals surface area contributed by atoms with Crippen LogP contribution in [0.1, 0.15) is 11.1 Å². The van der Waals surface area contributed by atoms with Gasteiger partial charge in [0, 0.05) is 5.88 Å². The van der Waals surface area contributed by atoms with Crippen molar-refractivity contribution in [3.05, 3.63) is 59.4 Å². The number of aryl methyl sites for hydroxylation is 1. The Morgan fingerprint density at radius 3 is 2.29 bits per heavy atom. The second kappa shape index (κ2) is 5.19. The lowest BCUT2D eigenvalue weighted by Crippen LogP contribution is -1.87. The quantitative estimate of drug-likeness (QED) is 0.720. The van der Waals surface area contributed by atoms with Crippen LogP contribution in [-0.4, -0.2) is 0 Å². The summed E-state index contributed by atoms with van der Waals surface area (Å²) in [7, 11) is 0. The molecule has 88 valence electrons. The van der Waals surface area contributed by atoms with Gasteiger partial charge in [0.1, 0.15) is 17.3 Å². The summed E-state index contributed by atoms with van der Waals surface area (Å²) in [6.45, 7) is 1.71. The second-order valence-electron chi connectivity index (χ2n) is 3.79. The first kappa shape index (κ1) is 11.9. The molecule has 0 saturated carbocycles. The Morgan fingerprint density at radius 2 is 1.71 bits per heavy atom. The molecule has 0 aliphatic carbocycles. The number of hydrogen-bond acceptors (Lipinski definition) is 1. The van der Waals surface area contributed by atoms with Crippen molar-refractivity contribution in [2.24, 2.45) is 0 Å². The van der Waals surface area contributed by atoms with Gasteiger partial charge < -0.3 is 4.74 Å². The largest absolute Gasteiger partial charge is 0.457 e. The molecule has 17 heavy (non-hydrogen) atoms. The summed E-state index contributed by atoms with van der Waals surface area (Å²) in [6.07, 6.45) is 0. The molecule has 0 fully saturated rings. The highest BCUT2D eigenvalue weighted by atomic mass is 35.5. The Labute approximate surface area is 105 Å². The normalized spacial score (nSPS) is 10.3. The zero-order chi connectivity index (χ0) is 12.3. The van der Waals surface area contributed by atoms with Gasteiger partial charge in [-0.1, -0.05) is 12.1 Å². The van der Waals surface area contributed by atoms with Crippen LogP contribution in [0.3, 0.4) is 0 Å². The Bertz CT molecular complexity index is 508. The van der Waals surface area contributed by atoms with Crippen LogP contribution >= 0.6 is 11.6 Å². The summed E-state index contributed by atoms with van der Waals surface area (Å²) in [5.41, 5.74) is 1.61. The Morgan fingerprint density at radius 1 is 1.06 bits per heavy atom. The molecule has 0 radical (unpaired) electrons. The van der Waals surface area contributed by atoms with Crippen molar-refractivity contribution in [1.82, 2.24) is 0 Å². The Balaban J connectivity index is 2.16. The number of halogens is 2. The van der Waals surface area contributed by atoms with Crippen LogP contribution in [-0.2, 0) is 5.88 Å². The van der Waals surface area contributed by atoms with Crippen molar-refractivity contribution in [1.29, 1.82) is 0 Å². The molecule has 2 aromatic carbocycles. The highest BCUT2D eigenvalue weighted by Crippen LogP contribution is 2.23. The third-order valence-electron chi connectivity index (χ3n) is 2.44. The standard InChI is InChI=1S/C14H12ClFO/c1-10-8-13(6-7-14(10)16)17-12-4-2-11(9-15)3-5-12/h2-8H,9H2,1H3. The van der Waals surface area contributed by atoms with E-state index in [9.17, 15) is 4.39 Å². The minimum absolute atomic E-state index is 0.227. The van der Waals surface area contributed by atoms with Crippen LogP contribution in [0.15, 0.2) is 42.5 Å². The average molecular weight is 251 g/mol. The van der Waals surface area contributed by atoms with Gasteiger partial charge in [-0.3, -0.25) is 0 Å². The number of hydrogen-bond donors (Lipinski definition) is 0. The van der Waals surface area contributed by atoms with Gasteiger partial charge in [0.25, 0.3) is 0 Å². The highest BCUT2D eigenvalue weighted by molar-refractivity contribution is 6.17. The van der Waals surface area contributed by atoms with Gasteiger partial charge in [-0.25, -0.2) is 4.39 Å². The highest BCUT2D eigenvalue weighted by Gasteiger charge is 2.01. The van der Waals surface area contributed by atoms with E-state index in [1.807, 2.05) is 24.3 Å². The van der Waals surface area contributed by atoms with E-state index in [2.05, 4.69) is 0 Å². The van der Waals surface area contributed by atoms with Crippen LogP contribution < -0.4 is 4.74 Å². The first-order chi connectivity index (χ1) is 8.19. The lowest BCUT2D eigenvalue weighted by Gasteiger charge is -2.07. The first-order valence-corrected chi connectivity index (χ1v) is 5.81. The number of rotatable bonds is 3. The predicted octanol–water partition coefficient (Wildman–Crippen LogP) is 4.67. The molecule has 0 bridgehead atoms. The molecule has 0 atom stereocenters. The summed E-state index contributed by atoms with van der Waals surface area (Å²) < 4.78 is 18.7. The lowest BCUT2D eigenvalue weighted by atomic mass is 10.2. The predicted molar refractivity (Wildman–Crippen MR) is 67.2 cm³/mol. The molecule has 1 nitrogen and oxygen atoms in total. The number of benzene rings is 2. The average Bonchev–Trinajstić information content (AvgIpc) is 2.35. The third-order valence-corrected chi connectivity index (χ3v) is 2.75. The fourth-order valence-electron chi connectivity index (χ4n) is 1.46. The van der Waals surface area contributed by atoms with Gasteiger partial charge in [0.05, 0.1) is 0 Å². The van der Waals surface area contributed by atoms with E-state index in [1.165, 1.54) is 6.07 Å². The molecule has 0 amide bonds. The molecule has 0 unspecified atom stereocenters. The molecule has 2 rings (SSSR count). The van der Waals surface area contributed by atoms with Crippen molar-refractivity contribution in [2.45, 2.75) is 12.8 Å². The monoisotopic (exact) mass is 250 g/mol. The molecule has 0 heterocycles. The van der Waals surface area contributed by atoms with Gasteiger partial charge >= 0.3 is 0 Å². The molecule has 0 aliphatic rings.